The Hall–Kier alpha value is -2.34. The zero-order valence-electron chi connectivity index (χ0n) is 12.8. The van der Waals surface area contributed by atoms with Gasteiger partial charge in [0.1, 0.15) is 0 Å². The van der Waals surface area contributed by atoms with Gasteiger partial charge >= 0.3 is 0 Å². The predicted molar refractivity (Wildman–Crippen MR) is 95.2 cm³/mol. The van der Waals surface area contributed by atoms with E-state index >= 15 is 0 Å². The molecule has 0 unspecified atom stereocenters. The van der Waals surface area contributed by atoms with Crippen LogP contribution in [-0.4, -0.2) is 0 Å². The van der Waals surface area contributed by atoms with Crippen LogP contribution in [0.25, 0.3) is 0 Å². The molecule has 0 atom stereocenters. The number of hydrogen-bond acceptors (Lipinski definition) is 0. The smallest absolute Gasteiger partial charge is 0.00881 e. The summed E-state index contributed by atoms with van der Waals surface area (Å²) in [4.78, 5) is 0. The molecule has 22 heavy (non-hydrogen) atoms. The first-order valence-corrected chi connectivity index (χ1v) is 8.01. The quantitative estimate of drug-likeness (QED) is 0.594. The summed E-state index contributed by atoms with van der Waals surface area (Å²) in [6, 6.07) is 0. The minimum Gasteiger partial charge on any atom is -0.0801 e. The van der Waals surface area contributed by atoms with Gasteiger partial charge in [-0.1, -0.05) is 79.0 Å². The summed E-state index contributed by atoms with van der Waals surface area (Å²) in [6.07, 6.45) is 35.9. The van der Waals surface area contributed by atoms with Crippen LogP contribution in [-0.2, 0) is 0 Å². The van der Waals surface area contributed by atoms with Crippen LogP contribution < -0.4 is 0 Å². The Balaban J connectivity index is 1.99. The van der Waals surface area contributed by atoms with Gasteiger partial charge in [0, 0.05) is 0 Å². The zero-order valence-corrected chi connectivity index (χ0v) is 12.8. The lowest BCUT2D eigenvalue weighted by molar-refractivity contribution is 0.860. The van der Waals surface area contributed by atoms with Gasteiger partial charge in [0.15, 0.2) is 0 Å². The van der Waals surface area contributed by atoms with Crippen LogP contribution in [0.15, 0.2) is 101 Å². The molecule has 0 aromatic carbocycles. The Morgan fingerprint density at radius 3 is 2.64 bits per heavy atom. The van der Waals surface area contributed by atoms with Crippen LogP contribution in [0.2, 0.25) is 0 Å². The molecule has 0 fully saturated rings. The van der Waals surface area contributed by atoms with Crippen LogP contribution in [0, 0.1) is 6.08 Å². The molecule has 0 aliphatic heterocycles. The maximum Gasteiger partial charge on any atom is -0.00881 e. The first-order valence-electron chi connectivity index (χ1n) is 8.01. The summed E-state index contributed by atoms with van der Waals surface area (Å²) in [5.41, 5.74) is 5.23. The minimum absolute atomic E-state index is 0.972. The molecule has 1 radical (unpaired) electrons. The van der Waals surface area contributed by atoms with Crippen LogP contribution in [0.1, 0.15) is 25.7 Å². The van der Waals surface area contributed by atoms with Crippen molar-refractivity contribution in [3.63, 3.8) is 0 Å². The summed E-state index contributed by atoms with van der Waals surface area (Å²) in [6.45, 7) is 0. The largest absolute Gasteiger partial charge is 0.0801 e. The van der Waals surface area contributed by atoms with E-state index in [0.717, 1.165) is 19.3 Å². The standard InChI is InChI=1S/C22H21/c1-2-7-13-19(14-8-3-1)21-17-11-6-12-18-22(21)20-15-9-4-5-10-16-20/h1-5,7-10,13-15,17H,6,11-12,16H2/b2-1-,3-1?,7-2?,8-3-,13-7-,14-8?,19-13?,19-14+. The Morgan fingerprint density at radius 2 is 1.64 bits per heavy atom. The van der Waals surface area contributed by atoms with Crippen LogP contribution >= 0.6 is 0 Å². The van der Waals surface area contributed by atoms with Crippen LogP contribution in [0.3, 0.4) is 0 Å². The van der Waals surface area contributed by atoms with Crippen molar-refractivity contribution in [2.75, 3.05) is 0 Å². The molecule has 0 amide bonds. The van der Waals surface area contributed by atoms with Crippen molar-refractivity contribution < 1.29 is 0 Å². The molecule has 0 bridgehead atoms. The van der Waals surface area contributed by atoms with Gasteiger partial charge in [-0.15, -0.1) is 0 Å². The number of allylic oxidation sites excluding steroid dienone is 18. The van der Waals surface area contributed by atoms with Gasteiger partial charge < -0.3 is 0 Å². The van der Waals surface area contributed by atoms with Crippen LogP contribution in [0.4, 0.5) is 0 Å². The highest BCUT2D eigenvalue weighted by atomic mass is 14.2. The van der Waals surface area contributed by atoms with E-state index in [1.807, 2.05) is 0 Å². The highest BCUT2D eigenvalue weighted by Gasteiger charge is 2.15. The highest BCUT2D eigenvalue weighted by molar-refractivity contribution is 5.61. The Morgan fingerprint density at radius 1 is 0.818 bits per heavy atom. The third-order valence-corrected chi connectivity index (χ3v) is 3.92. The van der Waals surface area contributed by atoms with Gasteiger partial charge in [-0.3, -0.25) is 0 Å². The van der Waals surface area contributed by atoms with Crippen molar-refractivity contribution in [3.8, 4) is 0 Å². The SMILES string of the molecule is [C]1=C(C2=CC=CC=CC2)C(C2=C/C=C\C=C/C=C\2)=CCCC1. The molecule has 0 heteroatoms. The lowest BCUT2D eigenvalue weighted by Crippen LogP contribution is -1.97. The molecule has 3 aliphatic carbocycles. The predicted octanol–water partition coefficient (Wildman–Crippen LogP) is 5.88. The van der Waals surface area contributed by atoms with E-state index in [1.165, 1.54) is 28.7 Å². The molecular formula is C22H21. The number of hydrogen-bond donors (Lipinski definition) is 0. The third kappa shape index (κ3) is 3.65. The van der Waals surface area contributed by atoms with E-state index < -0.39 is 0 Å². The van der Waals surface area contributed by atoms with E-state index in [9.17, 15) is 0 Å². The van der Waals surface area contributed by atoms with E-state index in [-0.39, 0.29) is 0 Å². The molecule has 0 aromatic heterocycles. The summed E-state index contributed by atoms with van der Waals surface area (Å²) in [5.74, 6) is 0. The molecule has 3 aliphatic rings. The van der Waals surface area contributed by atoms with Crippen molar-refractivity contribution in [3.05, 3.63) is 107 Å². The Bertz CT molecular complexity index is 680. The molecule has 0 aromatic rings. The molecule has 0 spiro atoms. The monoisotopic (exact) mass is 285 g/mol. The average molecular weight is 285 g/mol. The highest BCUT2D eigenvalue weighted by Crippen LogP contribution is 2.32. The molecule has 0 nitrogen and oxygen atoms in total. The zero-order chi connectivity index (χ0) is 15.0. The molecule has 0 saturated heterocycles. The van der Waals surface area contributed by atoms with Gasteiger partial charge in [-0.2, -0.15) is 0 Å². The lowest BCUT2D eigenvalue weighted by Gasteiger charge is -2.15. The summed E-state index contributed by atoms with van der Waals surface area (Å²) < 4.78 is 0. The second kappa shape index (κ2) is 7.61. The Kier molecular flexibility index (Phi) is 5.04. The normalized spacial score (nSPS) is 27.8. The fourth-order valence-corrected chi connectivity index (χ4v) is 2.82. The summed E-state index contributed by atoms with van der Waals surface area (Å²) in [7, 11) is 0. The van der Waals surface area contributed by atoms with Crippen LogP contribution in [0.5, 0.6) is 0 Å². The molecular weight excluding hydrogens is 264 g/mol. The van der Waals surface area contributed by atoms with Gasteiger partial charge in [-0.05, 0) is 54.1 Å². The second-order valence-electron chi connectivity index (χ2n) is 5.52. The molecule has 3 rings (SSSR count). The van der Waals surface area contributed by atoms with Gasteiger partial charge in [0.25, 0.3) is 0 Å². The summed E-state index contributed by atoms with van der Waals surface area (Å²) >= 11 is 0. The minimum atomic E-state index is 0.972. The van der Waals surface area contributed by atoms with Crippen molar-refractivity contribution in [2.24, 2.45) is 0 Å². The van der Waals surface area contributed by atoms with Gasteiger partial charge in [0.05, 0.1) is 0 Å². The fraction of sp³-hybridized carbons (Fsp3) is 0.182. The van der Waals surface area contributed by atoms with E-state index in [4.69, 9.17) is 0 Å². The maximum atomic E-state index is 3.66. The van der Waals surface area contributed by atoms with Crippen molar-refractivity contribution in [1.82, 2.24) is 0 Å². The topological polar surface area (TPSA) is 0 Å². The average Bonchev–Trinajstić information content (AvgIpc) is 2.89. The van der Waals surface area contributed by atoms with Crippen molar-refractivity contribution in [2.45, 2.75) is 25.7 Å². The molecule has 0 saturated carbocycles. The maximum absolute atomic E-state index is 3.66. The lowest BCUT2D eigenvalue weighted by atomic mass is 9.89. The first kappa shape index (κ1) is 14.6. The second-order valence-corrected chi connectivity index (χ2v) is 5.52. The Labute approximate surface area is 133 Å². The van der Waals surface area contributed by atoms with E-state index in [2.05, 4.69) is 85.1 Å². The fourth-order valence-electron chi connectivity index (χ4n) is 2.82. The molecule has 0 heterocycles. The van der Waals surface area contributed by atoms with Crippen molar-refractivity contribution >= 4 is 0 Å². The van der Waals surface area contributed by atoms with Crippen molar-refractivity contribution in [1.29, 1.82) is 0 Å². The third-order valence-electron chi connectivity index (χ3n) is 3.92. The van der Waals surface area contributed by atoms with E-state index in [1.54, 1.807) is 0 Å². The number of rotatable bonds is 2. The van der Waals surface area contributed by atoms with Gasteiger partial charge in [0.2, 0.25) is 0 Å². The van der Waals surface area contributed by atoms with E-state index in [0.29, 0.717) is 0 Å². The van der Waals surface area contributed by atoms with Gasteiger partial charge in [-0.25, -0.2) is 0 Å². The first-order chi connectivity index (χ1) is 10.9. The molecule has 109 valence electrons. The summed E-state index contributed by atoms with van der Waals surface area (Å²) in [5, 5.41) is 0. The molecule has 0 N–H and O–H groups in total.